The van der Waals surface area contributed by atoms with Crippen LogP contribution in [-0.4, -0.2) is 11.7 Å². The lowest BCUT2D eigenvalue weighted by molar-refractivity contribution is 0.590. The Morgan fingerprint density at radius 3 is 1.49 bits per heavy atom. The molecule has 0 saturated carbocycles. The van der Waals surface area contributed by atoms with Gasteiger partial charge in [-0.1, -0.05) is 213 Å². The van der Waals surface area contributed by atoms with Gasteiger partial charge in [-0.15, -0.1) is 0 Å². The average molecular weight is 1080 g/mol. The van der Waals surface area contributed by atoms with E-state index in [1.165, 1.54) is 44.3 Å². The number of fused-ring (bicyclic) bond motifs is 7. The molecular weight excluding hydrogens is 1020 g/mol. The van der Waals surface area contributed by atoms with Crippen LogP contribution < -0.4 is 31.2 Å². The van der Waals surface area contributed by atoms with Gasteiger partial charge in [0.2, 0.25) is 0 Å². The van der Waals surface area contributed by atoms with Gasteiger partial charge in [0.05, 0.1) is 5.59 Å². The highest BCUT2D eigenvalue weighted by Gasteiger charge is 2.47. The summed E-state index contributed by atoms with van der Waals surface area (Å²) < 4.78 is 6.65. The molecule has 0 atom stereocenters. The van der Waals surface area contributed by atoms with Gasteiger partial charge in [-0.2, -0.15) is 0 Å². The number of para-hydroxylation sites is 2. The summed E-state index contributed by atoms with van der Waals surface area (Å²) >= 11 is 1.78. The standard InChI is InChI=1S/C75H65BN4OS/c1-73(2,3)53-32-29-50(30-33-53)49-25-27-51(28-26-49)71-77-70-72(82-71)80(59-39-42-68-62(46-59)61-43-52(31-41-67(61)81-68)48-19-13-10-14-20-48)66-45-55(75(7,8)9)44-65-69(66)76(70)63-40-38-60(78(56-21-15-11-16-22-56)57-23-17-12-18-24-57)47-64(63)79(65)58-36-34-54(35-37-58)74(4,5)6/h10-47H,1-9H3. The molecule has 0 saturated heterocycles. The third-order valence-electron chi connectivity index (χ3n) is 16.8. The predicted molar refractivity (Wildman–Crippen MR) is 351 cm³/mol. The number of benzene rings is 10. The van der Waals surface area contributed by atoms with Crippen LogP contribution in [0.15, 0.2) is 235 Å². The molecule has 4 heterocycles. The summed E-state index contributed by atoms with van der Waals surface area (Å²) in [7, 11) is 0. The van der Waals surface area contributed by atoms with Gasteiger partial charge in [-0.25, -0.2) is 4.98 Å². The molecule has 12 aromatic rings. The monoisotopic (exact) mass is 1080 g/mol. The number of hydrogen-bond acceptors (Lipinski definition) is 6. The van der Waals surface area contributed by atoms with Gasteiger partial charge in [0.15, 0.2) is 0 Å². The Bertz CT molecular complexity index is 4340. The molecule has 0 fully saturated rings. The molecule has 10 aromatic carbocycles. The Morgan fingerprint density at radius 2 is 0.890 bits per heavy atom. The molecule has 0 amide bonds. The first-order valence-corrected chi connectivity index (χ1v) is 29.5. The van der Waals surface area contributed by atoms with Gasteiger partial charge >= 0.3 is 0 Å². The fourth-order valence-corrected chi connectivity index (χ4v) is 13.4. The Kier molecular flexibility index (Phi) is 12.1. The van der Waals surface area contributed by atoms with E-state index in [0.717, 1.165) is 94.2 Å². The van der Waals surface area contributed by atoms with Crippen LogP contribution in [0.1, 0.15) is 79.0 Å². The number of hydrogen-bond donors (Lipinski definition) is 0. The molecule has 0 unspecified atom stereocenters. The lowest BCUT2D eigenvalue weighted by Gasteiger charge is -2.44. The fraction of sp³-hybridized carbons (Fsp3) is 0.160. The Hall–Kier alpha value is -8.91. The summed E-state index contributed by atoms with van der Waals surface area (Å²) in [6, 6.07) is 84.9. The SMILES string of the molecule is CC(C)(C)c1ccc(-c2ccc(-c3nc4c(s3)N(c3ccc5oc6ccc(-c7ccccc7)cc6c5c3)c3cc(C(C)(C)C)cc5c3B4c3ccc(N(c4ccccc4)c4ccccc4)cc3N5c3ccc(C(C)(C)C)cc3)cc2)cc1. The van der Waals surface area contributed by atoms with E-state index in [9.17, 15) is 0 Å². The lowest BCUT2D eigenvalue weighted by Crippen LogP contribution is -2.61. The van der Waals surface area contributed by atoms with Crippen molar-refractivity contribution in [1.82, 2.24) is 4.98 Å². The van der Waals surface area contributed by atoms with Crippen LogP contribution in [0.2, 0.25) is 0 Å². The first kappa shape index (κ1) is 51.3. The molecule has 2 aliphatic heterocycles. The Balaban J connectivity index is 1.02. The van der Waals surface area contributed by atoms with Crippen LogP contribution >= 0.6 is 11.3 Å². The van der Waals surface area contributed by atoms with E-state index >= 15 is 0 Å². The normalized spacial score (nSPS) is 13.1. The minimum absolute atomic E-state index is 0.0183. The number of thiazole rings is 1. The zero-order chi connectivity index (χ0) is 56.2. The Labute approximate surface area is 486 Å². The van der Waals surface area contributed by atoms with Crippen LogP contribution in [-0.2, 0) is 16.2 Å². The average Bonchev–Trinajstić information content (AvgIpc) is 1.54. The predicted octanol–water partition coefficient (Wildman–Crippen LogP) is 19.5. The molecule has 2 aromatic heterocycles. The van der Waals surface area contributed by atoms with E-state index in [1.807, 2.05) is 0 Å². The van der Waals surface area contributed by atoms with E-state index in [2.05, 4.69) is 308 Å². The summed E-state index contributed by atoms with van der Waals surface area (Å²) in [4.78, 5) is 13.4. The van der Waals surface area contributed by atoms with Crippen molar-refractivity contribution in [3.05, 3.63) is 247 Å². The summed E-state index contributed by atoms with van der Waals surface area (Å²) in [6.45, 7) is 20.5. The van der Waals surface area contributed by atoms with E-state index in [0.29, 0.717) is 0 Å². The highest BCUT2D eigenvalue weighted by atomic mass is 32.1. The van der Waals surface area contributed by atoms with Gasteiger partial charge in [0.25, 0.3) is 6.71 Å². The van der Waals surface area contributed by atoms with Crippen molar-refractivity contribution >= 4 is 107 Å². The quantitative estimate of drug-likeness (QED) is 0.142. The fourth-order valence-electron chi connectivity index (χ4n) is 12.2. The molecule has 14 rings (SSSR count). The largest absolute Gasteiger partial charge is 0.456 e. The van der Waals surface area contributed by atoms with Crippen molar-refractivity contribution in [3.63, 3.8) is 0 Å². The van der Waals surface area contributed by atoms with Crippen molar-refractivity contribution in [1.29, 1.82) is 0 Å². The molecule has 2 aliphatic rings. The van der Waals surface area contributed by atoms with Crippen molar-refractivity contribution in [2.45, 2.75) is 78.6 Å². The highest BCUT2D eigenvalue weighted by molar-refractivity contribution is 7.22. The second-order valence-electron chi connectivity index (χ2n) is 25.3. The third-order valence-corrected chi connectivity index (χ3v) is 17.9. The molecule has 0 spiro atoms. The van der Waals surface area contributed by atoms with Crippen LogP contribution in [0.25, 0.3) is 54.8 Å². The maximum atomic E-state index is 6.65. The molecule has 0 N–H and O–H groups in total. The van der Waals surface area contributed by atoms with Crippen molar-refractivity contribution < 1.29 is 4.42 Å². The van der Waals surface area contributed by atoms with Crippen LogP contribution in [0.4, 0.5) is 50.5 Å². The molecule has 0 radical (unpaired) electrons. The summed E-state index contributed by atoms with van der Waals surface area (Å²) in [5.74, 6) is 0. The van der Waals surface area contributed by atoms with Gasteiger partial charge < -0.3 is 19.1 Å². The first-order chi connectivity index (χ1) is 39.5. The summed E-state index contributed by atoms with van der Waals surface area (Å²) in [5.41, 5.74) is 23.6. The molecule has 0 aliphatic carbocycles. The minimum Gasteiger partial charge on any atom is -0.456 e. The molecular formula is C75H65BN4OS. The zero-order valence-corrected chi connectivity index (χ0v) is 48.9. The Morgan fingerprint density at radius 1 is 0.402 bits per heavy atom. The maximum Gasteiger partial charge on any atom is 0.276 e. The van der Waals surface area contributed by atoms with Gasteiger partial charge in [-0.05, 0) is 157 Å². The summed E-state index contributed by atoms with van der Waals surface area (Å²) in [5, 5.41) is 4.25. The highest BCUT2D eigenvalue weighted by Crippen LogP contribution is 2.50. The number of nitrogens with zero attached hydrogens (tertiary/aromatic N) is 4. The van der Waals surface area contributed by atoms with Crippen molar-refractivity contribution in [3.8, 4) is 32.8 Å². The lowest BCUT2D eigenvalue weighted by atomic mass is 9.35. The number of aromatic nitrogens is 1. The van der Waals surface area contributed by atoms with E-state index in [1.54, 1.807) is 11.3 Å². The van der Waals surface area contributed by atoms with E-state index in [-0.39, 0.29) is 23.0 Å². The number of rotatable bonds is 8. The minimum atomic E-state index is -0.208. The van der Waals surface area contributed by atoms with Crippen molar-refractivity contribution in [2.24, 2.45) is 0 Å². The van der Waals surface area contributed by atoms with E-state index in [4.69, 9.17) is 9.40 Å². The third kappa shape index (κ3) is 8.90. The second kappa shape index (κ2) is 19.4. The topological polar surface area (TPSA) is 35.8 Å². The first-order valence-electron chi connectivity index (χ1n) is 28.7. The van der Waals surface area contributed by atoms with Crippen LogP contribution in [0.5, 0.6) is 0 Å². The molecule has 5 nitrogen and oxygen atoms in total. The van der Waals surface area contributed by atoms with Gasteiger partial charge in [-0.3, -0.25) is 0 Å². The molecule has 7 heteroatoms. The maximum absolute atomic E-state index is 6.65. The molecule has 400 valence electrons. The number of furan rings is 1. The zero-order valence-electron chi connectivity index (χ0n) is 48.1. The van der Waals surface area contributed by atoms with Crippen LogP contribution in [0.3, 0.4) is 0 Å². The van der Waals surface area contributed by atoms with Crippen molar-refractivity contribution in [2.75, 3.05) is 14.7 Å². The van der Waals surface area contributed by atoms with E-state index < -0.39 is 0 Å². The smallest absolute Gasteiger partial charge is 0.276 e. The molecule has 0 bridgehead atoms. The van der Waals surface area contributed by atoms with Crippen LogP contribution in [0, 0.1) is 0 Å². The van der Waals surface area contributed by atoms with Gasteiger partial charge in [0, 0.05) is 61.8 Å². The second-order valence-corrected chi connectivity index (χ2v) is 26.3. The number of anilines is 9. The summed E-state index contributed by atoms with van der Waals surface area (Å²) in [6.07, 6.45) is 0. The molecule has 82 heavy (non-hydrogen) atoms. The van der Waals surface area contributed by atoms with Gasteiger partial charge in [0.1, 0.15) is 21.2 Å².